The highest BCUT2D eigenvalue weighted by atomic mass is 16.3. The summed E-state index contributed by atoms with van der Waals surface area (Å²) in [5.41, 5.74) is 0.589. The Balaban J connectivity index is 1.17. The van der Waals surface area contributed by atoms with Crippen LogP contribution >= 0.6 is 0 Å². The lowest BCUT2D eigenvalue weighted by Gasteiger charge is -2.29. The van der Waals surface area contributed by atoms with Crippen LogP contribution in [-0.2, 0) is 9.59 Å². The number of hydrogen-bond acceptors (Lipinski definition) is 9. The highest BCUT2D eigenvalue weighted by Crippen LogP contribution is 2.22. The topological polar surface area (TPSA) is 206 Å². The van der Waals surface area contributed by atoms with E-state index < -0.39 is 59.3 Å². The molecule has 2 unspecified atom stereocenters. The summed E-state index contributed by atoms with van der Waals surface area (Å²) in [6.07, 6.45) is 0. The maximum Gasteiger partial charge on any atom is 0.261 e. The van der Waals surface area contributed by atoms with Crippen molar-refractivity contribution in [3.63, 3.8) is 0 Å². The van der Waals surface area contributed by atoms with Crippen LogP contribution in [0.25, 0.3) is 0 Å². The Morgan fingerprint density at radius 1 is 0.846 bits per heavy atom. The average Bonchev–Trinajstić information content (AvgIpc) is 3.33. The molecule has 1 saturated heterocycles. The van der Waals surface area contributed by atoms with E-state index in [2.05, 4.69) is 26.3 Å². The Kier molecular flexibility index (Phi) is 6.14. The van der Waals surface area contributed by atoms with Crippen molar-refractivity contribution in [2.75, 3.05) is 20.1 Å². The number of amides is 7. The van der Waals surface area contributed by atoms with Crippen LogP contribution < -0.4 is 26.4 Å². The molecule has 0 aromatic heterocycles. The van der Waals surface area contributed by atoms with Gasteiger partial charge in [-0.1, -0.05) is 6.07 Å². The maximum absolute atomic E-state index is 12.6. The van der Waals surface area contributed by atoms with Gasteiger partial charge in [0, 0.05) is 19.2 Å². The van der Waals surface area contributed by atoms with Gasteiger partial charge in [0.15, 0.2) is 0 Å². The number of carbonyl (C=O) groups excluding carboxylic acids is 7. The molecule has 2 aromatic rings. The zero-order valence-electron chi connectivity index (χ0n) is 20.2. The smallest absolute Gasteiger partial charge is 0.261 e. The normalized spacial score (nSPS) is 20.3. The third-order valence-electron chi connectivity index (χ3n) is 6.48. The lowest BCUT2D eigenvalue weighted by Crippen LogP contribution is -2.65. The van der Waals surface area contributed by atoms with E-state index in [0.29, 0.717) is 0 Å². The number of hydrogen-bond donors (Lipinski definition) is 4. The third-order valence-corrected chi connectivity index (χ3v) is 6.48. The number of benzene rings is 2. The Labute approximate surface area is 219 Å². The van der Waals surface area contributed by atoms with Crippen LogP contribution in [0.1, 0.15) is 57.4 Å². The molecule has 39 heavy (non-hydrogen) atoms. The molecular weight excluding hydrogens is 512 g/mol. The summed E-state index contributed by atoms with van der Waals surface area (Å²) < 4.78 is 0. The maximum atomic E-state index is 12.6. The number of rotatable bonds is 6. The van der Waals surface area contributed by atoms with E-state index in [1.165, 1.54) is 43.4 Å². The van der Waals surface area contributed by atoms with E-state index in [1.54, 1.807) is 0 Å². The van der Waals surface area contributed by atoms with E-state index in [1.807, 2.05) is 0 Å². The molecule has 3 heterocycles. The minimum absolute atomic E-state index is 0.0333. The van der Waals surface area contributed by atoms with Crippen LogP contribution in [0, 0.1) is 0 Å². The fourth-order valence-electron chi connectivity index (χ4n) is 4.31. The van der Waals surface area contributed by atoms with E-state index in [4.69, 9.17) is 0 Å². The highest BCUT2D eigenvalue weighted by Gasteiger charge is 2.35. The number of fused-ring (bicyclic) bond motifs is 2. The summed E-state index contributed by atoms with van der Waals surface area (Å²) >= 11 is 0. The number of aliphatic imine (C=N–C) groups is 1. The average molecular weight is 531 g/mol. The Bertz CT molecular complexity index is 1550. The minimum atomic E-state index is -1.15. The van der Waals surface area contributed by atoms with Crippen LogP contribution in [0.4, 0.5) is 0 Å². The zero-order chi connectivity index (χ0) is 28.0. The quantitative estimate of drug-likeness (QED) is 0.175. The first-order chi connectivity index (χ1) is 18.5. The van der Waals surface area contributed by atoms with Gasteiger partial charge in [-0.3, -0.25) is 48.8 Å². The third kappa shape index (κ3) is 4.47. The van der Waals surface area contributed by atoms with Crippen molar-refractivity contribution in [2.45, 2.75) is 12.1 Å². The lowest BCUT2D eigenvalue weighted by molar-refractivity contribution is -0.213. The van der Waals surface area contributed by atoms with Crippen molar-refractivity contribution in [3.05, 3.63) is 69.8 Å². The summed E-state index contributed by atoms with van der Waals surface area (Å²) in [5.74, 6) is -4.82. The molecule has 4 N–H and O–H groups in total. The zero-order valence-corrected chi connectivity index (χ0v) is 20.2. The molecule has 5 rings (SSSR count). The van der Waals surface area contributed by atoms with Gasteiger partial charge in [-0.25, -0.2) is 0 Å². The van der Waals surface area contributed by atoms with Crippen LogP contribution in [0.3, 0.4) is 0 Å². The SMILES string of the molecule is CN1C(=O)c2ccc(C(=O)NCC3NC(=O)C(CN=C([O-])c4ccc5c(c4)C(=O)NC5=O)NC3=O)cc2C1=O. The molecule has 0 spiro atoms. The molecule has 198 valence electrons. The van der Waals surface area contributed by atoms with Crippen LogP contribution in [0.2, 0.25) is 0 Å². The molecule has 0 aliphatic carbocycles. The van der Waals surface area contributed by atoms with Gasteiger partial charge in [-0.2, -0.15) is 0 Å². The second-order valence-electron chi connectivity index (χ2n) is 8.95. The first-order valence-electron chi connectivity index (χ1n) is 11.6. The fraction of sp³-hybridized carbons (Fsp3) is 0.200. The van der Waals surface area contributed by atoms with Gasteiger partial charge in [0.2, 0.25) is 11.8 Å². The molecule has 14 nitrogen and oxygen atoms in total. The van der Waals surface area contributed by atoms with Crippen molar-refractivity contribution in [1.82, 2.24) is 26.2 Å². The molecule has 0 saturated carbocycles. The van der Waals surface area contributed by atoms with Crippen molar-refractivity contribution < 1.29 is 38.7 Å². The Hall–Kier alpha value is -5.40. The monoisotopic (exact) mass is 531 g/mol. The molecule has 3 aliphatic rings. The molecule has 0 bridgehead atoms. The Morgan fingerprint density at radius 2 is 1.44 bits per heavy atom. The molecule has 2 aromatic carbocycles. The number of piperazine rings is 1. The molecule has 1 fully saturated rings. The van der Waals surface area contributed by atoms with Crippen molar-refractivity contribution in [2.24, 2.45) is 4.99 Å². The summed E-state index contributed by atoms with van der Waals surface area (Å²) in [6, 6.07) is 5.65. The van der Waals surface area contributed by atoms with E-state index in [9.17, 15) is 38.7 Å². The molecular formula is C25H19N6O8-. The van der Waals surface area contributed by atoms with Crippen LogP contribution in [-0.4, -0.2) is 84.4 Å². The van der Waals surface area contributed by atoms with E-state index >= 15 is 0 Å². The Morgan fingerprint density at radius 3 is 2.21 bits per heavy atom. The lowest BCUT2D eigenvalue weighted by atomic mass is 10.0. The summed E-state index contributed by atoms with van der Waals surface area (Å²) in [6.45, 7) is -0.646. The van der Waals surface area contributed by atoms with Crippen molar-refractivity contribution in [1.29, 1.82) is 0 Å². The predicted molar refractivity (Wildman–Crippen MR) is 129 cm³/mol. The van der Waals surface area contributed by atoms with Gasteiger partial charge in [0.1, 0.15) is 12.1 Å². The highest BCUT2D eigenvalue weighted by molar-refractivity contribution is 6.22. The number of nitrogens with one attached hydrogen (secondary N) is 4. The van der Waals surface area contributed by atoms with Gasteiger partial charge in [0.05, 0.1) is 28.8 Å². The number of carbonyl (C=O) groups is 7. The van der Waals surface area contributed by atoms with Crippen molar-refractivity contribution >= 4 is 47.2 Å². The largest absolute Gasteiger partial charge is 0.858 e. The first kappa shape index (κ1) is 25.3. The molecule has 2 atom stereocenters. The fourth-order valence-corrected chi connectivity index (χ4v) is 4.31. The molecule has 3 aliphatic heterocycles. The van der Waals surface area contributed by atoms with Gasteiger partial charge < -0.3 is 21.1 Å². The van der Waals surface area contributed by atoms with Crippen molar-refractivity contribution in [3.8, 4) is 0 Å². The predicted octanol–water partition coefficient (Wildman–Crippen LogP) is -2.68. The van der Waals surface area contributed by atoms with Gasteiger partial charge in [-0.05, 0) is 41.8 Å². The molecule has 7 amide bonds. The van der Waals surface area contributed by atoms with Gasteiger partial charge in [0.25, 0.3) is 29.5 Å². The molecule has 0 radical (unpaired) electrons. The molecule has 14 heteroatoms. The van der Waals surface area contributed by atoms with Crippen LogP contribution in [0.5, 0.6) is 0 Å². The second-order valence-corrected chi connectivity index (χ2v) is 8.95. The van der Waals surface area contributed by atoms with Crippen LogP contribution in [0.15, 0.2) is 41.4 Å². The summed E-state index contributed by atoms with van der Waals surface area (Å²) in [5, 5.41) is 22.0. The minimum Gasteiger partial charge on any atom is -0.858 e. The first-order valence-corrected chi connectivity index (χ1v) is 11.6. The van der Waals surface area contributed by atoms with Gasteiger partial charge in [-0.15, -0.1) is 0 Å². The van der Waals surface area contributed by atoms with E-state index in [0.717, 1.165) is 4.90 Å². The number of imide groups is 2. The van der Waals surface area contributed by atoms with E-state index in [-0.39, 0.29) is 46.5 Å². The second kappa shape index (κ2) is 9.48. The number of nitrogens with zero attached hydrogens (tertiary/aromatic N) is 2. The standard InChI is InChI=1S/C25H20N6O8/c1-31-24(38)13-5-3-11(7-15(13)25(31)39)19(33)27-9-17-23(37)28-16(22(36)29-17)8-26-18(32)10-2-4-12-14(6-10)21(35)30-20(12)34/h2-7,16-17H,8-9H2,1H3,(H,26,32)(H,27,33)(H,28,37)(H,29,36)(H,30,34,35)/p-1. The van der Waals surface area contributed by atoms with Gasteiger partial charge >= 0.3 is 0 Å². The summed E-state index contributed by atoms with van der Waals surface area (Å²) in [7, 11) is 1.33. The summed E-state index contributed by atoms with van der Waals surface area (Å²) in [4.78, 5) is 89.9.